The summed E-state index contributed by atoms with van der Waals surface area (Å²) in [5, 5.41) is 0. The minimum atomic E-state index is -0.0243. The van der Waals surface area contributed by atoms with E-state index in [0.717, 1.165) is 11.7 Å². The van der Waals surface area contributed by atoms with Gasteiger partial charge in [-0.2, -0.15) is 8.75 Å². The summed E-state index contributed by atoms with van der Waals surface area (Å²) >= 11 is 1.04. The van der Waals surface area contributed by atoms with E-state index < -0.39 is 0 Å². The van der Waals surface area contributed by atoms with Crippen LogP contribution >= 0.6 is 11.7 Å². The maximum Gasteiger partial charge on any atom is 0.187 e. The number of ketones is 1. The average Bonchev–Trinajstić information content (AvgIpc) is 2.38. The first-order valence-electron chi connectivity index (χ1n) is 2.76. The smallest absolute Gasteiger partial charge is 0.187 e. The van der Waals surface area contributed by atoms with Crippen molar-refractivity contribution in [3.05, 3.63) is 24.5 Å². The maximum absolute atomic E-state index is 10.9. The van der Waals surface area contributed by atoms with Crippen LogP contribution in [0.1, 0.15) is 16.9 Å². The van der Waals surface area contributed by atoms with Gasteiger partial charge < -0.3 is 0 Å². The van der Waals surface area contributed by atoms with E-state index in [1.165, 1.54) is 6.20 Å². The quantitative estimate of drug-likeness (QED) is 0.486. The minimum absolute atomic E-state index is 0.0243. The second-order valence-electron chi connectivity index (χ2n) is 1.71. The highest BCUT2D eigenvalue weighted by molar-refractivity contribution is 6.99. The third-order valence-electron chi connectivity index (χ3n) is 0.977. The first-order valence-corrected chi connectivity index (χ1v) is 3.49. The summed E-state index contributed by atoms with van der Waals surface area (Å²) in [5.74, 6) is -0.0243. The lowest BCUT2D eigenvalue weighted by atomic mass is 10.2. The molecule has 4 heteroatoms. The molecule has 1 aromatic heterocycles. The molecule has 0 aliphatic rings. The molecular formula is C6H6N2OS. The molecule has 0 aliphatic heterocycles. The van der Waals surface area contributed by atoms with Crippen molar-refractivity contribution in [1.82, 2.24) is 8.75 Å². The van der Waals surface area contributed by atoms with Gasteiger partial charge in [-0.3, -0.25) is 4.79 Å². The molecule has 3 nitrogen and oxygen atoms in total. The predicted molar refractivity (Wildman–Crippen MR) is 39.1 cm³/mol. The number of nitrogens with zero attached hydrogens (tertiary/aromatic N) is 2. The van der Waals surface area contributed by atoms with Gasteiger partial charge in [0.05, 0.1) is 17.9 Å². The molecule has 0 saturated heterocycles. The number of carbonyl (C=O) groups excluding carboxylic acids is 1. The van der Waals surface area contributed by atoms with E-state index in [1.54, 1.807) is 6.08 Å². The molecule has 1 heterocycles. The van der Waals surface area contributed by atoms with Crippen molar-refractivity contribution >= 4 is 17.5 Å². The van der Waals surface area contributed by atoms with Gasteiger partial charge in [-0.15, -0.1) is 6.58 Å². The molecule has 52 valence electrons. The molecule has 0 amide bonds. The lowest BCUT2D eigenvalue weighted by Crippen LogP contribution is -1.95. The monoisotopic (exact) mass is 154 g/mol. The first kappa shape index (κ1) is 7.08. The zero-order valence-electron chi connectivity index (χ0n) is 5.28. The Balaban J connectivity index is 2.68. The summed E-state index contributed by atoms with van der Waals surface area (Å²) in [6, 6.07) is 0. The predicted octanol–water partition coefficient (Wildman–Crippen LogP) is 1.30. The molecule has 0 saturated carbocycles. The Hall–Kier alpha value is -1.03. The summed E-state index contributed by atoms with van der Waals surface area (Å²) in [7, 11) is 0. The van der Waals surface area contributed by atoms with Crippen LogP contribution in [0.5, 0.6) is 0 Å². The second-order valence-corrected chi connectivity index (χ2v) is 2.27. The van der Waals surface area contributed by atoms with Gasteiger partial charge in [-0.25, -0.2) is 0 Å². The first-order chi connectivity index (χ1) is 4.84. The van der Waals surface area contributed by atoms with Gasteiger partial charge in [-0.05, 0) is 0 Å². The van der Waals surface area contributed by atoms with Crippen LogP contribution in [0.2, 0.25) is 0 Å². The van der Waals surface area contributed by atoms with E-state index in [0.29, 0.717) is 12.1 Å². The fraction of sp³-hybridized carbons (Fsp3) is 0.167. The highest BCUT2D eigenvalue weighted by Crippen LogP contribution is 1.99. The van der Waals surface area contributed by atoms with Crippen LogP contribution < -0.4 is 0 Å². The van der Waals surface area contributed by atoms with Gasteiger partial charge in [0.15, 0.2) is 5.78 Å². The Morgan fingerprint density at radius 1 is 1.90 bits per heavy atom. The van der Waals surface area contributed by atoms with Crippen LogP contribution in [0, 0.1) is 0 Å². The van der Waals surface area contributed by atoms with Crippen LogP contribution in [-0.2, 0) is 0 Å². The van der Waals surface area contributed by atoms with Gasteiger partial charge in [0.2, 0.25) is 0 Å². The number of hydrogen-bond donors (Lipinski definition) is 0. The van der Waals surface area contributed by atoms with E-state index in [-0.39, 0.29) is 5.78 Å². The van der Waals surface area contributed by atoms with Crippen LogP contribution in [0.4, 0.5) is 0 Å². The SMILES string of the molecule is C=CCC(=O)c1cnsn1. The second kappa shape index (κ2) is 3.22. The molecule has 1 rings (SSSR count). The highest BCUT2D eigenvalue weighted by atomic mass is 32.1. The number of allylic oxidation sites excluding steroid dienone is 1. The summed E-state index contributed by atoms with van der Waals surface area (Å²) in [6.45, 7) is 3.44. The molecule has 0 aromatic carbocycles. The lowest BCUT2D eigenvalue weighted by molar-refractivity contribution is 0.0992. The van der Waals surface area contributed by atoms with Crippen LogP contribution in [0.25, 0.3) is 0 Å². The minimum Gasteiger partial charge on any atom is -0.292 e. The standard InChI is InChI=1S/C6H6N2OS/c1-2-3-6(9)5-4-7-10-8-5/h2,4H,1,3H2. The van der Waals surface area contributed by atoms with Gasteiger partial charge >= 0.3 is 0 Å². The summed E-state index contributed by atoms with van der Waals surface area (Å²) in [6.07, 6.45) is 3.36. The van der Waals surface area contributed by atoms with Crippen molar-refractivity contribution < 1.29 is 4.79 Å². The van der Waals surface area contributed by atoms with E-state index in [4.69, 9.17) is 0 Å². The van der Waals surface area contributed by atoms with Crippen molar-refractivity contribution in [3.8, 4) is 0 Å². The van der Waals surface area contributed by atoms with E-state index in [9.17, 15) is 4.79 Å². The largest absolute Gasteiger partial charge is 0.292 e. The fourth-order valence-electron chi connectivity index (χ4n) is 0.523. The van der Waals surface area contributed by atoms with Gasteiger partial charge in [0.25, 0.3) is 0 Å². The Morgan fingerprint density at radius 3 is 3.20 bits per heavy atom. The van der Waals surface area contributed by atoms with Crippen molar-refractivity contribution in [2.24, 2.45) is 0 Å². The molecule has 0 spiro atoms. The molecule has 0 N–H and O–H groups in total. The van der Waals surface area contributed by atoms with Crippen molar-refractivity contribution in [2.75, 3.05) is 0 Å². The molecule has 0 fully saturated rings. The Bertz CT molecular complexity index is 230. The van der Waals surface area contributed by atoms with Crippen LogP contribution in [0.3, 0.4) is 0 Å². The van der Waals surface area contributed by atoms with E-state index >= 15 is 0 Å². The highest BCUT2D eigenvalue weighted by Gasteiger charge is 2.04. The van der Waals surface area contributed by atoms with Gasteiger partial charge in [-0.1, -0.05) is 6.08 Å². The zero-order chi connectivity index (χ0) is 7.40. The Labute approximate surface area is 62.7 Å². The molecule has 1 aromatic rings. The normalized spacial score (nSPS) is 9.20. The van der Waals surface area contributed by atoms with E-state index in [1.807, 2.05) is 0 Å². The average molecular weight is 154 g/mol. The summed E-state index contributed by atoms with van der Waals surface area (Å²) in [5.41, 5.74) is 0.435. The number of carbonyl (C=O) groups is 1. The van der Waals surface area contributed by atoms with Crippen LogP contribution in [0.15, 0.2) is 18.9 Å². The molecule has 10 heavy (non-hydrogen) atoms. The Morgan fingerprint density at radius 2 is 2.70 bits per heavy atom. The maximum atomic E-state index is 10.9. The summed E-state index contributed by atoms with van der Waals surface area (Å²) in [4.78, 5) is 10.9. The number of rotatable bonds is 3. The molecule has 0 aliphatic carbocycles. The molecule has 0 atom stereocenters. The van der Waals surface area contributed by atoms with Gasteiger partial charge in [0, 0.05) is 6.42 Å². The van der Waals surface area contributed by atoms with Crippen molar-refractivity contribution in [2.45, 2.75) is 6.42 Å². The number of hydrogen-bond acceptors (Lipinski definition) is 4. The third-order valence-corrected chi connectivity index (χ3v) is 1.45. The van der Waals surface area contributed by atoms with Crippen LogP contribution in [-0.4, -0.2) is 14.5 Å². The van der Waals surface area contributed by atoms with Crippen molar-refractivity contribution in [1.29, 1.82) is 0 Å². The molecule has 0 unspecified atom stereocenters. The molecular weight excluding hydrogens is 148 g/mol. The molecule has 0 bridgehead atoms. The summed E-state index contributed by atoms with van der Waals surface area (Å²) < 4.78 is 7.47. The Kier molecular flexibility index (Phi) is 2.28. The molecule has 0 radical (unpaired) electrons. The van der Waals surface area contributed by atoms with Gasteiger partial charge in [0.1, 0.15) is 5.69 Å². The topological polar surface area (TPSA) is 42.9 Å². The third kappa shape index (κ3) is 1.48. The fourth-order valence-corrected chi connectivity index (χ4v) is 0.954. The number of Topliss-reactive ketones (excluding diaryl/α,β-unsaturated/α-hetero) is 1. The van der Waals surface area contributed by atoms with Crippen molar-refractivity contribution in [3.63, 3.8) is 0 Å². The number of aromatic nitrogens is 2. The zero-order valence-corrected chi connectivity index (χ0v) is 6.10. The lowest BCUT2D eigenvalue weighted by Gasteiger charge is -1.85. The van der Waals surface area contributed by atoms with E-state index in [2.05, 4.69) is 15.3 Å².